The molecule has 9 heteroatoms. The number of likely N-dealkylation sites (tertiary alicyclic amines) is 1. The Hall–Kier alpha value is -2.94. The van der Waals surface area contributed by atoms with E-state index in [1.54, 1.807) is 6.07 Å². The molecule has 2 heterocycles. The van der Waals surface area contributed by atoms with Crippen LogP contribution in [-0.4, -0.2) is 71.1 Å². The number of phenolic OH excluding ortho intramolecular Hbond substituents is 1. The molecule has 2 aromatic rings. The van der Waals surface area contributed by atoms with E-state index in [0.717, 1.165) is 13.1 Å². The zero-order chi connectivity index (χ0) is 23.5. The number of ketones is 1. The molecule has 2 fully saturated rings. The number of hydrogen-bond acceptors (Lipinski definition) is 6. The lowest BCUT2D eigenvalue weighted by molar-refractivity contribution is -0.140. The van der Waals surface area contributed by atoms with Crippen LogP contribution in [-0.2, 0) is 14.3 Å². The molecule has 174 valence electrons. The van der Waals surface area contributed by atoms with E-state index in [1.807, 2.05) is 0 Å². The molecule has 0 aromatic heterocycles. The van der Waals surface area contributed by atoms with Crippen molar-refractivity contribution in [1.29, 1.82) is 0 Å². The van der Waals surface area contributed by atoms with Gasteiger partial charge in [0.15, 0.2) is 0 Å². The van der Waals surface area contributed by atoms with Gasteiger partial charge in [0.1, 0.15) is 17.3 Å². The number of aliphatic hydroxyl groups is 1. The summed E-state index contributed by atoms with van der Waals surface area (Å²) < 4.78 is 19.4. The van der Waals surface area contributed by atoms with E-state index >= 15 is 0 Å². The van der Waals surface area contributed by atoms with Gasteiger partial charge in [-0.1, -0.05) is 23.7 Å². The SMILES string of the molecule is O=C1C(=O)N(CCCN2CCOCC2)C(c2cccc(F)c2)/C1=C(/O)c1cc(Cl)ccc1O. The fourth-order valence-electron chi connectivity index (χ4n) is 4.27. The number of ether oxygens (including phenoxy) is 1. The lowest BCUT2D eigenvalue weighted by Gasteiger charge is -2.29. The molecule has 2 aliphatic rings. The van der Waals surface area contributed by atoms with Crippen molar-refractivity contribution in [3.63, 3.8) is 0 Å². The molecular formula is C24H24ClFN2O5. The second-order valence-corrected chi connectivity index (χ2v) is 8.45. The Bertz CT molecular complexity index is 1100. The van der Waals surface area contributed by atoms with Crippen LogP contribution in [0.2, 0.25) is 5.02 Å². The Morgan fingerprint density at radius 3 is 2.61 bits per heavy atom. The highest BCUT2D eigenvalue weighted by Crippen LogP contribution is 2.41. The number of benzene rings is 2. The van der Waals surface area contributed by atoms with Crippen molar-refractivity contribution in [2.75, 3.05) is 39.4 Å². The predicted octanol–water partition coefficient (Wildman–Crippen LogP) is 3.33. The van der Waals surface area contributed by atoms with Crippen molar-refractivity contribution in [3.05, 3.63) is 70.0 Å². The van der Waals surface area contributed by atoms with E-state index in [4.69, 9.17) is 16.3 Å². The summed E-state index contributed by atoms with van der Waals surface area (Å²) in [7, 11) is 0. The molecule has 2 aliphatic heterocycles. The van der Waals surface area contributed by atoms with E-state index in [1.165, 1.54) is 41.3 Å². The third-order valence-electron chi connectivity index (χ3n) is 5.90. The van der Waals surface area contributed by atoms with Gasteiger partial charge in [-0.2, -0.15) is 0 Å². The number of rotatable bonds is 6. The van der Waals surface area contributed by atoms with Crippen molar-refractivity contribution >= 4 is 29.1 Å². The van der Waals surface area contributed by atoms with Crippen molar-refractivity contribution < 1.29 is 28.9 Å². The quantitative estimate of drug-likeness (QED) is 0.379. The van der Waals surface area contributed by atoms with Gasteiger partial charge in [-0.15, -0.1) is 0 Å². The van der Waals surface area contributed by atoms with Crippen molar-refractivity contribution in [1.82, 2.24) is 9.80 Å². The maximum absolute atomic E-state index is 14.1. The molecule has 4 rings (SSSR count). The van der Waals surface area contributed by atoms with Crippen LogP contribution in [0.1, 0.15) is 23.6 Å². The minimum absolute atomic E-state index is 0.0739. The number of morpholine rings is 1. The van der Waals surface area contributed by atoms with E-state index in [0.29, 0.717) is 31.7 Å². The van der Waals surface area contributed by atoms with Crippen molar-refractivity contribution in [2.24, 2.45) is 0 Å². The average Bonchev–Trinajstić information content (AvgIpc) is 3.06. The summed E-state index contributed by atoms with van der Waals surface area (Å²) >= 11 is 6.01. The van der Waals surface area contributed by atoms with E-state index in [2.05, 4.69) is 4.90 Å². The molecule has 0 saturated carbocycles. The Balaban J connectivity index is 1.71. The first kappa shape index (κ1) is 23.2. The fourth-order valence-corrected chi connectivity index (χ4v) is 4.44. The molecule has 2 aromatic carbocycles. The first-order valence-electron chi connectivity index (χ1n) is 10.7. The van der Waals surface area contributed by atoms with Gasteiger partial charge < -0.3 is 19.8 Å². The molecule has 1 unspecified atom stereocenters. The van der Waals surface area contributed by atoms with Crippen LogP contribution in [0.15, 0.2) is 48.0 Å². The lowest BCUT2D eigenvalue weighted by atomic mass is 9.95. The maximum atomic E-state index is 14.1. The summed E-state index contributed by atoms with van der Waals surface area (Å²) in [6.07, 6.45) is 0.585. The van der Waals surface area contributed by atoms with Crippen LogP contribution in [0.4, 0.5) is 4.39 Å². The number of halogens is 2. The van der Waals surface area contributed by atoms with Crippen LogP contribution < -0.4 is 0 Å². The summed E-state index contributed by atoms with van der Waals surface area (Å²) in [5.41, 5.74) is 0.0633. The number of aromatic hydroxyl groups is 1. The average molecular weight is 475 g/mol. The molecule has 33 heavy (non-hydrogen) atoms. The van der Waals surface area contributed by atoms with E-state index in [-0.39, 0.29) is 28.5 Å². The molecule has 0 aliphatic carbocycles. The molecule has 0 spiro atoms. The summed E-state index contributed by atoms with van der Waals surface area (Å²) in [4.78, 5) is 29.5. The molecule has 0 radical (unpaired) electrons. The first-order valence-corrected chi connectivity index (χ1v) is 11.1. The minimum atomic E-state index is -0.997. The van der Waals surface area contributed by atoms with Gasteiger partial charge in [0, 0.05) is 31.2 Å². The highest BCUT2D eigenvalue weighted by atomic mass is 35.5. The molecule has 2 N–H and O–H groups in total. The summed E-state index contributed by atoms with van der Waals surface area (Å²) in [6, 6.07) is 8.60. The van der Waals surface area contributed by atoms with E-state index < -0.39 is 29.3 Å². The largest absolute Gasteiger partial charge is 0.507 e. The smallest absolute Gasteiger partial charge is 0.295 e. The maximum Gasteiger partial charge on any atom is 0.295 e. The normalized spacial score (nSPS) is 21.0. The van der Waals surface area contributed by atoms with E-state index in [9.17, 15) is 24.2 Å². The number of aliphatic hydroxyl groups excluding tert-OH is 1. The number of carbonyl (C=O) groups is 2. The van der Waals surface area contributed by atoms with Crippen molar-refractivity contribution in [3.8, 4) is 5.75 Å². The lowest BCUT2D eigenvalue weighted by Crippen LogP contribution is -2.39. The zero-order valence-electron chi connectivity index (χ0n) is 17.8. The van der Waals surface area contributed by atoms with Crippen LogP contribution in [0.25, 0.3) is 5.76 Å². The third kappa shape index (κ3) is 4.88. The highest BCUT2D eigenvalue weighted by molar-refractivity contribution is 6.46. The first-order chi connectivity index (χ1) is 15.9. The third-order valence-corrected chi connectivity index (χ3v) is 6.13. The Labute approximate surface area is 195 Å². The number of Topliss-reactive ketones (excluding diaryl/α,β-unsaturated/α-hetero) is 1. The molecule has 1 atom stereocenters. The van der Waals surface area contributed by atoms with Crippen LogP contribution in [0.5, 0.6) is 5.75 Å². The number of phenols is 1. The number of hydrogen-bond donors (Lipinski definition) is 2. The Morgan fingerprint density at radius 1 is 1.12 bits per heavy atom. The van der Waals surface area contributed by atoms with Crippen LogP contribution >= 0.6 is 11.6 Å². The molecular weight excluding hydrogens is 451 g/mol. The van der Waals surface area contributed by atoms with Gasteiger partial charge in [-0.25, -0.2) is 4.39 Å². The fraction of sp³-hybridized carbons (Fsp3) is 0.333. The van der Waals surface area contributed by atoms with Gasteiger partial charge in [0.2, 0.25) is 0 Å². The highest BCUT2D eigenvalue weighted by Gasteiger charge is 2.46. The molecule has 1 amide bonds. The van der Waals surface area contributed by atoms with Gasteiger partial charge in [-0.05, 0) is 42.3 Å². The summed E-state index contributed by atoms with van der Waals surface area (Å²) in [6.45, 7) is 3.83. The Morgan fingerprint density at radius 2 is 1.88 bits per heavy atom. The van der Waals surface area contributed by atoms with Gasteiger partial charge in [0.25, 0.3) is 11.7 Å². The van der Waals surface area contributed by atoms with Gasteiger partial charge in [0.05, 0.1) is 30.4 Å². The topological polar surface area (TPSA) is 90.3 Å². The van der Waals surface area contributed by atoms with Crippen LogP contribution in [0, 0.1) is 5.82 Å². The monoisotopic (exact) mass is 474 g/mol. The molecule has 0 bridgehead atoms. The minimum Gasteiger partial charge on any atom is -0.507 e. The zero-order valence-corrected chi connectivity index (χ0v) is 18.6. The number of carbonyl (C=O) groups excluding carboxylic acids is 2. The second kappa shape index (κ2) is 9.91. The summed E-state index contributed by atoms with van der Waals surface area (Å²) in [5.74, 6) is -3.06. The summed E-state index contributed by atoms with van der Waals surface area (Å²) in [5, 5.41) is 21.5. The standard InChI is InChI=1S/C24H24ClFN2O5/c25-16-5-6-19(29)18(14-16)22(30)20-21(15-3-1-4-17(26)13-15)28(24(32)23(20)31)8-2-7-27-9-11-33-12-10-27/h1,3-6,13-14,21,29-30H,2,7-12H2/b22-20-. The van der Waals surface area contributed by atoms with Crippen molar-refractivity contribution in [2.45, 2.75) is 12.5 Å². The second-order valence-electron chi connectivity index (χ2n) is 8.02. The van der Waals surface area contributed by atoms with Crippen LogP contribution in [0.3, 0.4) is 0 Å². The molecule has 7 nitrogen and oxygen atoms in total. The number of nitrogens with zero attached hydrogens (tertiary/aromatic N) is 2. The molecule has 2 saturated heterocycles. The Kier molecular flexibility index (Phi) is 6.97. The van der Waals surface area contributed by atoms with Gasteiger partial charge >= 0.3 is 0 Å². The van der Waals surface area contributed by atoms with Gasteiger partial charge in [-0.3, -0.25) is 14.5 Å². The number of amides is 1. The predicted molar refractivity (Wildman–Crippen MR) is 120 cm³/mol.